The van der Waals surface area contributed by atoms with E-state index >= 15 is 0 Å². The van der Waals surface area contributed by atoms with Crippen LogP contribution in [0.2, 0.25) is 0 Å². The molecule has 1 aromatic rings. The highest BCUT2D eigenvalue weighted by Gasteiger charge is 2.61. The third-order valence-electron chi connectivity index (χ3n) is 9.34. The van der Waals surface area contributed by atoms with Crippen LogP contribution in [0.25, 0.3) is 0 Å². The highest BCUT2D eigenvalue weighted by Crippen LogP contribution is 2.66. The van der Waals surface area contributed by atoms with E-state index in [2.05, 4.69) is 29.6 Å². The van der Waals surface area contributed by atoms with Gasteiger partial charge in [0, 0.05) is 23.2 Å². The minimum Gasteiger partial charge on any atom is -0.381 e. The molecule has 2 heteroatoms. The molecule has 1 spiro atoms. The van der Waals surface area contributed by atoms with Crippen molar-refractivity contribution in [2.24, 2.45) is 40.7 Å². The van der Waals surface area contributed by atoms with E-state index in [4.69, 9.17) is 5.73 Å². The maximum Gasteiger partial charge on any atom is 0.0395 e. The number of anilines is 1. The maximum atomic E-state index is 7.19. The van der Waals surface area contributed by atoms with Gasteiger partial charge in [-0.2, -0.15) is 0 Å². The van der Waals surface area contributed by atoms with E-state index in [0.717, 1.165) is 29.6 Å². The van der Waals surface area contributed by atoms with Crippen LogP contribution >= 0.6 is 0 Å². The van der Waals surface area contributed by atoms with Crippen LogP contribution in [0.3, 0.4) is 0 Å². The van der Waals surface area contributed by atoms with Gasteiger partial charge < -0.3 is 11.1 Å². The first-order chi connectivity index (χ1) is 12.3. The Kier molecular flexibility index (Phi) is 3.17. The Hall–Kier alpha value is -1.02. The summed E-state index contributed by atoms with van der Waals surface area (Å²) in [6.07, 6.45) is 13.1. The first-order valence-electron chi connectivity index (χ1n) is 10.9. The van der Waals surface area contributed by atoms with Crippen LogP contribution in [0.1, 0.15) is 69.4 Å². The molecule has 3 N–H and O–H groups in total. The zero-order valence-electron chi connectivity index (χ0n) is 15.3. The molecule has 0 radical (unpaired) electrons. The van der Waals surface area contributed by atoms with Crippen molar-refractivity contribution in [3.05, 3.63) is 29.8 Å². The van der Waals surface area contributed by atoms with Crippen LogP contribution in [0.5, 0.6) is 0 Å². The van der Waals surface area contributed by atoms with Crippen molar-refractivity contribution < 1.29 is 0 Å². The van der Waals surface area contributed by atoms with Gasteiger partial charge in [0.05, 0.1) is 0 Å². The quantitative estimate of drug-likeness (QED) is 0.690. The molecule has 4 fully saturated rings. The largest absolute Gasteiger partial charge is 0.381 e. The lowest BCUT2D eigenvalue weighted by Crippen LogP contribution is -2.60. The van der Waals surface area contributed by atoms with Crippen LogP contribution in [0.15, 0.2) is 24.3 Å². The topological polar surface area (TPSA) is 38.0 Å². The van der Waals surface area contributed by atoms with Crippen molar-refractivity contribution >= 4 is 5.69 Å². The molecule has 1 aliphatic heterocycles. The first-order valence-corrected chi connectivity index (χ1v) is 10.9. The van der Waals surface area contributed by atoms with Crippen molar-refractivity contribution in [2.75, 3.05) is 5.32 Å². The van der Waals surface area contributed by atoms with Crippen molar-refractivity contribution in [2.45, 2.75) is 69.9 Å². The molecule has 4 saturated carbocycles. The average Bonchev–Trinajstić information content (AvgIpc) is 3.30. The molecular formula is C23H32N2. The molecule has 0 aromatic heterocycles. The molecule has 0 amide bonds. The zero-order valence-corrected chi connectivity index (χ0v) is 15.3. The van der Waals surface area contributed by atoms with Gasteiger partial charge >= 0.3 is 0 Å². The molecule has 4 aliphatic carbocycles. The smallest absolute Gasteiger partial charge is 0.0395 e. The molecule has 134 valence electrons. The molecule has 25 heavy (non-hydrogen) atoms. The van der Waals surface area contributed by atoms with E-state index < -0.39 is 0 Å². The first kappa shape index (κ1) is 15.1. The van der Waals surface area contributed by atoms with Crippen molar-refractivity contribution in [1.82, 2.24) is 0 Å². The Morgan fingerprint density at radius 3 is 2.72 bits per heavy atom. The fourth-order valence-electron chi connectivity index (χ4n) is 8.41. The predicted octanol–water partition coefficient (Wildman–Crippen LogP) is 5.11. The van der Waals surface area contributed by atoms with E-state index in [-0.39, 0.29) is 6.04 Å². The molecule has 2 nitrogen and oxygen atoms in total. The molecule has 1 aromatic carbocycles. The van der Waals surface area contributed by atoms with Gasteiger partial charge in [0.2, 0.25) is 0 Å². The van der Waals surface area contributed by atoms with E-state index in [0.29, 0.717) is 11.5 Å². The summed E-state index contributed by atoms with van der Waals surface area (Å²) in [5.41, 5.74) is 10.2. The number of hydrogen-bond donors (Lipinski definition) is 2. The number of fused-ring (bicyclic) bond motifs is 7. The van der Waals surface area contributed by atoms with Gasteiger partial charge in [-0.15, -0.1) is 0 Å². The number of hydrogen-bond acceptors (Lipinski definition) is 2. The van der Waals surface area contributed by atoms with Crippen molar-refractivity contribution in [3.63, 3.8) is 0 Å². The van der Waals surface area contributed by atoms with Gasteiger partial charge in [0.25, 0.3) is 0 Å². The minimum absolute atomic E-state index is 0.237. The molecule has 5 aliphatic rings. The third kappa shape index (κ3) is 1.90. The molecule has 8 atom stereocenters. The summed E-state index contributed by atoms with van der Waals surface area (Å²) in [5.74, 6) is 4.79. The third-order valence-corrected chi connectivity index (χ3v) is 9.34. The highest BCUT2D eigenvalue weighted by atomic mass is 15.0. The molecule has 1 heterocycles. The fraction of sp³-hybridized carbons (Fsp3) is 0.739. The summed E-state index contributed by atoms with van der Waals surface area (Å²) < 4.78 is 0. The van der Waals surface area contributed by atoms with Crippen LogP contribution < -0.4 is 11.1 Å². The summed E-state index contributed by atoms with van der Waals surface area (Å²) in [4.78, 5) is 0. The van der Waals surface area contributed by atoms with Crippen LogP contribution in [-0.2, 0) is 0 Å². The van der Waals surface area contributed by atoms with E-state index in [1.54, 1.807) is 6.42 Å². The summed E-state index contributed by atoms with van der Waals surface area (Å²) in [6.45, 7) is 0. The van der Waals surface area contributed by atoms with Crippen LogP contribution in [0, 0.1) is 35.0 Å². The Morgan fingerprint density at radius 2 is 1.76 bits per heavy atom. The number of nitrogens with one attached hydrogen (secondary N) is 1. The van der Waals surface area contributed by atoms with Gasteiger partial charge in [0.15, 0.2) is 0 Å². The fourth-order valence-corrected chi connectivity index (χ4v) is 8.41. The number of nitrogens with two attached hydrogens (primary N) is 1. The van der Waals surface area contributed by atoms with E-state index in [9.17, 15) is 0 Å². The predicted molar refractivity (Wildman–Crippen MR) is 102 cm³/mol. The van der Waals surface area contributed by atoms with Gasteiger partial charge in [-0.25, -0.2) is 0 Å². The Morgan fingerprint density at radius 1 is 0.920 bits per heavy atom. The maximum absolute atomic E-state index is 7.19. The van der Waals surface area contributed by atoms with Gasteiger partial charge in [-0.1, -0.05) is 24.6 Å². The Balaban J connectivity index is 1.52. The second-order valence-electron chi connectivity index (χ2n) is 9.95. The number of para-hydroxylation sites is 1. The number of benzene rings is 1. The molecule has 4 bridgehead atoms. The second kappa shape index (κ2) is 5.25. The summed E-state index contributed by atoms with van der Waals surface area (Å²) in [7, 11) is 0. The molecule has 0 saturated heterocycles. The normalized spacial score (nSPS) is 50.0. The molecule has 6 rings (SSSR count). The lowest BCUT2D eigenvalue weighted by molar-refractivity contribution is -0.0378. The second-order valence-corrected chi connectivity index (χ2v) is 9.95. The standard InChI is InChI=1S/C23H32N2/c24-22-18-4-1-2-7-20(18)25-21-11-10-16-13-23(21,22)19-6-3-5-17(19)15-9-8-14(16)12-15/h1-2,4,7,14-17,19,21-22,25H,3,5-6,8-13,24H2. The van der Waals surface area contributed by atoms with Crippen LogP contribution in [0.4, 0.5) is 5.69 Å². The SMILES string of the molecule is NC1c2ccccc2NC2CCC3CC21C1CCCC1C1CCC3C1. The van der Waals surface area contributed by atoms with E-state index in [1.165, 1.54) is 62.6 Å². The van der Waals surface area contributed by atoms with Gasteiger partial charge in [-0.05, 0) is 92.6 Å². The average molecular weight is 337 g/mol. The Bertz CT molecular complexity index is 684. The summed E-state index contributed by atoms with van der Waals surface area (Å²) >= 11 is 0. The highest BCUT2D eigenvalue weighted by molar-refractivity contribution is 5.57. The lowest BCUT2D eigenvalue weighted by atomic mass is 9.49. The molecular weight excluding hydrogens is 304 g/mol. The van der Waals surface area contributed by atoms with E-state index in [1.807, 2.05) is 0 Å². The van der Waals surface area contributed by atoms with Crippen molar-refractivity contribution in [1.29, 1.82) is 0 Å². The van der Waals surface area contributed by atoms with Gasteiger partial charge in [-0.3, -0.25) is 0 Å². The monoisotopic (exact) mass is 336 g/mol. The van der Waals surface area contributed by atoms with Crippen molar-refractivity contribution in [3.8, 4) is 0 Å². The number of rotatable bonds is 0. The summed E-state index contributed by atoms with van der Waals surface area (Å²) in [6, 6.07) is 9.76. The summed E-state index contributed by atoms with van der Waals surface area (Å²) in [5, 5.41) is 4.01. The minimum atomic E-state index is 0.237. The zero-order chi connectivity index (χ0) is 16.6. The van der Waals surface area contributed by atoms with Crippen LogP contribution in [-0.4, -0.2) is 6.04 Å². The molecule has 8 unspecified atom stereocenters. The Labute approximate surface area is 151 Å². The lowest BCUT2D eigenvalue weighted by Gasteiger charge is -2.60. The van der Waals surface area contributed by atoms with Gasteiger partial charge in [0.1, 0.15) is 0 Å².